The predicted molar refractivity (Wildman–Crippen MR) is 93.0 cm³/mol. The van der Waals surface area contributed by atoms with Crippen molar-refractivity contribution in [1.82, 2.24) is 24.9 Å². The number of fused-ring (bicyclic) bond motifs is 1. The maximum Gasteiger partial charge on any atom is 0.270 e. The van der Waals surface area contributed by atoms with Gasteiger partial charge in [-0.1, -0.05) is 15.9 Å². The Morgan fingerprint density at radius 1 is 1.25 bits per heavy atom. The molecule has 1 aliphatic heterocycles. The standard InChI is InChI=1S/C16H15BrN6O/c17-11-3-5-18-13(9-11)16(24)20-12-4-7-22(10-12)15-2-1-14-19-6-8-23(14)21-15/h1-3,5-6,8-9,12H,4,7,10H2,(H,20,24)/t12-/m0/s1. The van der Waals surface area contributed by atoms with E-state index in [0.717, 1.165) is 35.4 Å². The second kappa shape index (κ2) is 6.20. The molecule has 1 aliphatic rings. The number of halogens is 1. The Morgan fingerprint density at radius 2 is 2.17 bits per heavy atom. The molecular formula is C16H15BrN6O. The Labute approximate surface area is 146 Å². The molecule has 122 valence electrons. The fraction of sp³-hybridized carbons (Fsp3) is 0.250. The van der Waals surface area contributed by atoms with Crippen LogP contribution in [0.5, 0.6) is 0 Å². The van der Waals surface area contributed by atoms with E-state index in [1.165, 1.54) is 0 Å². The zero-order valence-corrected chi connectivity index (χ0v) is 14.3. The number of nitrogens with one attached hydrogen (secondary N) is 1. The van der Waals surface area contributed by atoms with Gasteiger partial charge in [-0.2, -0.15) is 0 Å². The molecule has 0 spiro atoms. The van der Waals surface area contributed by atoms with Gasteiger partial charge in [0.05, 0.1) is 0 Å². The van der Waals surface area contributed by atoms with Crippen molar-refractivity contribution in [3.8, 4) is 0 Å². The van der Waals surface area contributed by atoms with E-state index in [2.05, 4.69) is 41.2 Å². The largest absolute Gasteiger partial charge is 0.353 e. The van der Waals surface area contributed by atoms with Crippen molar-refractivity contribution in [1.29, 1.82) is 0 Å². The summed E-state index contributed by atoms with van der Waals surface area (Å²) in [5.41, 5.74) is 1.24. The Balaban J connectivity index is 1.43. The van der Waals surface area contributed by atoms with Crippen molar-refractivity contribution in [2.24, 2.45) is 0 Å². The van der Waals surface area contributed by atoms with Crippen molar-refractivity contribution in [2.75, 3.05) is 18.0 Å². The van der Waals surface area contributed by atoms with Crippen molar-refractivity contribution in [2.45, 2.75) is 12.5 Å². The van der Waals surface area contributed by atoms with E-state index < -0.39 is 0 Å². The second-order valence-electron chi connectivity index (χ2n) is 5.69. The number of anilines is 1. The van der Waals surface area contributed by atoms with Gasteiger partial charge in [0.15, 0.2) is 5.65 Å². The molecule has 0 aliphatic carbocycles. The average molecular weight is 387 g/mol. The quantitative estimate of drug-likeness (QED) is 0.743. The van der Waals surface area contributed by atoms with Gasteiger partial charge in [0, 0.05) is 42.2 Å². The summed E-state index contributed by atoms with van der Waals surface area (Å²) in [6.45, 7) is 1.58. The third-order valence-corrected chi connectivity index (χ3v) is 4.54. The number of hydrogen-bond donors (Lipinski definition) is 1. The molecule has 0 aromatic carbocycles. The topological polar surface area (TPSA) is 75.4 Å². The molecule has 7 nitrogen and oxygen atoms in total. The van der Waals surface area contributed by atoms with E-state index in [0.29, 0.717) is 5.69 Å². The Hall–Kier alpha value is -2.48. The minimum atomic E-state index is -0.152. The van der Waals surface area contributed by atoms with Crippen molar-refractivity contribution >= 4 is 33.3 Å². The van der Waals surface area contributed by atoms with Crippen molar-refractivity contribution < 1.29 is 4.79 Å². The van der Waals surface area contributed by atoms with E-state index in [1.807, 2.05) is 18.3 Å². The molecule has 3 aromatic heterocycles. The van der Waals surface area contributed by atoms with Crippen LogP contribution in [0.3, 0.4) is 0 Å². The van der Waals surface area contributed by atoms with Gasteiger partial charge in [-0.15, -0.1) is 5.10 Å². The lowest BCUT2D eigenvalue weighted by Crippen LogP contribution is -2.37. The van der Waals surface area contributed by atoms with Crippen LogP contribution in [-0.4, -0.2) is 44.6 Å². The molecule has 1 saturated heterocycles. The molecule has 1 atom stereocenters. The molecule has 1 amide bonds. The first kappa shape index (κ1) is 15.1. The molecule has 24 heavy (non-hydrogen) atoms. The fourth-order valence-corrected chi connectivity index (χ4v) is 3.18. The Kier molecular flexibility index (Phi) is 3.89. The summed E-state index contributed by atoms with van der Waals surface area (Å²) in [6.07, 6.45) is 6.05. The number of pyridine rings is 1. The van der Waals surface area contributed by atoms with E-state index in [1.54, 1.807) is 29.0 Å². The van der Waals surface area contributed by atoms with Crippen LogP contribution >= 0.6 is 15.9 Å². The van der Waals surface area contributed by atoms with Gasteiger partial charge in [-0.05, 0) is 30.7 Å². The monoisotopic (exact) mass is 386 g/mol. The SMILES string of the molecule is O=C(N[C@H]1CCN(c2ccc3nccn3n2)C1)c1cc(Br)ccn1. The fourth-order valence-electron chi connectivity index (χ4n) is 2.85. The Morgan fingerprint density at radius 3 is 3.04 bits per heavy atom. The minimum Gasteiger partial charge on any atom is -0.353 e. The lowest BCUT2D eigenvalue weighted by atomic mass is 10.2. The molecular weight excluding hydrogens is 372 g/mol. The number of amides is 1. The lowest BCUT2D eigenvalue weighted by Gasteiger charge is -2.17. The molecule has 8 heteroatoms. The minimum absolute atomic E-state index is 0.0820. The van der Waals surface area contributed by atoms with Gasteiger partial charge in [-0.25, -0.2) is 9.50 Å². The predicted octanol–water partition coefficient (Wildman–Crippen LogP) is 1.90. The van der Waals surface area contributed by atoms with Gasteiger partial charge >= 0.3 is 0 Å². The normalized spacial score (nSPS) is 17.4. The zero-order chi connectivity index (χ0) is 16.5. The van der Waals surface area contributed by atoms with Crippen LogP contribution in [0, 0.1) is 0 Å². The molecule has 1 fully saturated rings. The van der Waals surface area contributed by atoms with Gasteiger partial charge in [0.25, 0.3) is 5.91 Å². The number of imidazole rings is 1. The average Bonchev–Trinajstić information content (AvgIpc) is 3.23. The summed E-state index contributed by atoms with van der Waals surface area (Å²) >= 11 is 3.36. The van der Waals surface area contributed by atoms with Crippen LogP contribution in [0.4, 0.5) is 5.82 Å². The van der Waals surface area contributed by atoms with Gasteiger partial charge in [0.1, 0.15) is 11.5 Å². The van der Waals surface area contributed by atoms with Crippen LogP contribution in [0.1, 0.15) is 16.9 Å². The molecule has 1 N–H and O–H groups in total. The van der Waals surface area contributed by atoms with Crippen LogP contribution in [0.2, 0.25) is 0 Å². The second-order valence-corrected chi connectivity index (χ2v) is 6.60. The number of aromatic nitrogens is 4. The maximum absolute atomic E-state index is 12.3. The van der Waals surface area contributed by atoms with Gasteiger partial charge < -0.3 is 10.2 Å². The lowest BCUT2D eigenvalue weighted by molar-refractivity contribution is 0.0935. The van der Waals surface area contributed by atoms with Crippen LogP contribution in [0.15, 0.2) is 47.3 Å². The molecule has 3 aromatic rings. The van der Waals surface area contributed by atoms with E-state index >= 15 is 0 Å². The third-order valence-electron chi connectivity index (χ3n) is 4.04. The van der Waals surface area contributed by atoms with Gasteiger partial charge in [0.2, 0.25) is 0 Å². The first-order chi connectivity index (χ1) is 11.7. The summed E-state index contributed by atoms with van der Waals surface area (Å²) < 4.78 is 2.60. The summed E-state index contributed by atoms with van der Waals surface area (Å²) in [6, 6.07) is 7.50. The number of carbonyl (C=O) groups is 1. The van der Waals surface area contributed by atoms with E-state index in [-0.39, 0.29) is 11.9 Å². The van der Waals surface area contributed by atoms with Gasteiger partial charge in [-0.3, -0.25) is 9.78 Å². The van der Waals surface area contributed by atoms with E-state index in [4.69, 9.17) is 0 Å². The number of nitrogens with zero attached hydrogens (tertiary/aromatic N) is 5. The molecule has 4 rings (SSSR count). The van der Waals surface area contributed by atoms with Crippen LogP contribution < -0.4 is 10.2 Å². The highest BCUT2D eigenvalue weighted by Crippen LogP contribution is 2.19. The Bertz CT molecular complexity index is 895. The summed E-state index contributed by atoms with van der Waals surface area (Å²) in [4.78, 5) is 22.8. The highest BCUT2D eigenvalue weighted by Gasteiger charge is 2.25. The molecule has 4 heterocycles. The summed E-state index contributed by atoms with van der Waals surface area (Å²) in [7, 11) is 0. The van der Waals surface area contributed by atoms with Crippen LogP contribution in [0.25, 0.3) is 5.65 Å². The molecule has 0 bridgehead atoms. The van der Waals surface area contributed by atoms with Crippen LogP contribution in [-0.2, 0) is 0 Å². The highest BCUT2D eigenvalue weighted by atomic mass is 79.9. The number of rotatable bonds is 3. The number of hydrogen-bond acceptors (Lipinski definition) is 5. The zero-order valence-electron chi connectivity index (χ0n) is 12.8. The molecule has 0 saturated carbocycles. The van der Waals surface area contributed by atoms with Crippen molar-refractivity contribution in [3.63, 3.8) is 0 Å². The first-order valence-corrected chi connectivity index (χ1v) is 8.46. The maximum atomic E-state index is 12.3. The van der Waals surface area contributed by atoms with Crippen molar-refractivity contribution in [3.05, 3.63) is 53.0 Å². The molecule has 0 unspecified atom stereocenters. The smallest absolute Gasteiger partial charge is 0.270 e. The third kappa shape index (κ3) is 2.96. The molecule has 0 radical (unpaired) electrons. The van der Waals surface area contributed by atoms with E-state index in [9.17, 15) is 4.79 Å². The summed E-state index contributed by atoms with van der Waals surface area (Å²) in [5.74, 6) is 0.735. The first-order valence-electron chi connectivity index (χ1n) is 7.67. The highest BCUT2D eigenvalue weighted by molar-refractivity contribution is 9.10. The summed E-state index contributed by atoms with van der Waals surface area (Å²) in [5, 5.41) is 7.59. The number of carbonyl (C=O) groups excluding carboxylic acids is 1.